The molecule has 0 bridgehead atoms. The maximum absolute atomic E-state index is 5.57. The van der Waals surface area contributed by atoms with Gasteiger partial charge in [-0.15, -0.1) is 0 Å². The van der Waals surface area contributed by atoms with Crippen molar-refractivity contribution >= 4 is 17.6 Å². The van der Waals surface area contributed by atoms with E-state index in [1.54, 1.807) is 12.5 Å². The standard InChI is InChI=1S/C12H16N6S/c1-7(2)18-6-14-3-10(18)12-15-9-5-19-4-8(9)11(16-12)17-13/h3,6-7H,4-5,13H2,1-2H3,(H,15,16,17). The Morgan fingerprint density at radius 1 is 1.37 bits per heavy atom. The van der Waals surface area contributed by atoms with Gasteiger partial charge in [0.15, 0.2) is 5.82 Å². The number of thioether (sulfide) groups is 1. The molecule has 3 N–H and O–H groups in total. The largest absolute Gasteiger partial charge is 0.325 e. The summed E-state index contributed by atoms with van der Waals surface area (Å²) in [7, 11) is 0. The molecule has 0 radical (unpaired) electrons. The van der Waals surface area contributed by atoms with Gasteiger partial charge in [-0.3, -0.25) is 0 Å². The predicted octanol–water partition coefficient (Wildman–Crippen LogP) is 1.95. The molecule has 0 saturated heterocycles. The van der Waals surface area contributed by atoms with Crippen molar-refractivity contribution in [2.75, 3.05) is 5.43 Å². The predicted molar refractivity (Wildman–Crippen MR) is 76.4 cm³/mol. The van der Waals surface area contributed by atoms with Crippen LogP contribution in [0.4, 0.5) is 5.82 Å². The molecular formula is C12H16N6S. The fraction of sp³-hybridized carbons (Fsp3) is 0.417. The maximum Gasteiger partial charge on any atom is 0.180 e. The minimum atomic E-state index is 0.318. The van der Waals surface area contributed by atoms with Crippen molar-refractivity contribution in [2.45, 2.75) is 31.4 Å². The van der Waals surface area contributed by atoms with Crippen LogP contribution in [0.3, 0.4) is 0 Å². The van der Waals surface area contributed by atoms with Crippen LogP contribution >= 0.6 is 11.8 Å². The normalized spacial score (nSPS) is 13.9. The lowest BCUT2D eigenvalue weighted by atomic mass is 10.2. The second-order valence-electron chi connectivity index (χ2n) is 4.74. The van der Waals surface area contributed by atoms with Gasteiger partial charge in [-0.05, 0) is 13.8 Å². The summed E-state index contributed by atoms with van der Waals surface area (Å²) >= 11 is 1.83. The van der Waals surface area contributed by atoms with Crippen molar-refractivity contribution in [3.63, 3.8) is 0 Å². The van der Waals surface area contributed by atoms with Crippen molar-refractivity contribution in [1.29, 1.82) is 0 Å². The molecule has 0 aromatic carbocycles. The Morgan fingerprint density at radius 2 is 2.21 bits per heavy atom. The third kappa shape index (κ3) is 2.08. The van der Waals surface area contributed by atoms with E-state index in [0.717, 1.165) is 34.3 Å². The van der Waals surface area contributed by atoms with Crippen molar-refractivity contribution in [2.24, 2.45) is 5.84 Å². The van der Waals surface area contributed by atoms with Crippen molar-refractivity contribution in [3.05, 3.63) is 23.8 Å². The van der Waals surface area contributed by atoms with Gasteiger partial charge in [0.25, 0.3) is 0 Å². The molecule has 0 aliphatic carbocycles. The zero-order chi connectivity index (χ0) is 13.4. The van der Waals surface area contributed by atoms with Crippen molar-refractivity contribution in [3.8, 4) is 11.5 Å². The molecule has 0 unspecified atom stereocenters. The highest BCUT2D eigenvalue weighted by molar-refractivity contribution is 7.98. The monoisotopic (exact) mass is 276 g/mol. The molecule has 7 heteroatoms. The Balaban J connectivity index is 2.13. The molecule has 0 fully saturated rings. The van der Waals surface area contributed by atoms with Crippen LogP contribution in [0.1, 0.15) is 31.1 Å². The van der Waals surface area contributed by atoms with Crippen LogP contribution in [0.2, 0.25) is 0 Å². The van der Waals surface area contributed by atoms with E-state index in [9.17, 15) is 0 Å². The average molecular weight is 276 g/mol. The number of fused-ring (bicyclic) bond motifs is 1. The second-order valence-corrected chi connectivity index (χ2v) is 5.72. The van der Waals surface area contributed by atoms with E-state index >= 15 is 0 Å². The lowest BCUT2D eigenvalue weighted by molar-refractivity contribution is 0.603. The third-order valence-electron chi connectivity index (χ3n) is 3.17. The van der Waals surface area contributed by atoms with Gasteiger partial charge in [-0.1, -0.05) is 0 Å². The number of nitrogens with two attached hydrogens (primary N) is 1. The first-order valence-corrected chi connectivity index (χ1v) is 7.32. The summed E-state index contributed by atoms with van der Waals surface area (Å²) in [6, 6.07) is 0.318. The van der Waals surface area contributed by atoms with Gasteiger partial charge in [-0.2, -0.15) is 11.8 Å². The fourth-order valence-electron chi connectivity index (χ4n) is 2.17. The lowest BCUT2D eigenvalue weighted by Crippen LogP contribution is -2.13. The molecule has 6 nitrogen and oxygen atoms in total. The molecule has 1 aliphatic rings. The minimum absolute atomic E-state index is 0.318. The zero-order valence-electron chi connectivity index (χ0n) is 10.9. The summed E-state index contributed by atoms with van der Waals surface area (Å²) < 4.78 is 2.06. The smallest absolute Gasteiger partial charge is 0.180 e. The summed E-state index contributed by atoms with van der Waals surface area (Å²) in [5, 5.41) is 0. The molecule has 0 amide bonds. The average Bonchev–Trinajstić information content (AvgIpc) is 3.05. The van der Waals surface area contributed by atoms with Crippen LogP contribution in [-0.4, -0.2) is 19.5 Å². The number of hydrogen-bond acceptors (Lipinski definition) is 6. The van der Waals surface area contributed by atoms with Crippen LogP contribution in [0.25, 0.3) is 11.5 Å². The van der Waals surface area contributed by atoms with Gasteiger partial charge < -0.3 is 9.99 Å². The summed E-state index contributed by atoms with van der Waals surface area (Å²) in [6.07, 6.45) is 3.60. The highest BCUT2D eigenvalue weighted by atomic mass is 32.2. The molecular weight excluding hydrogens is 260 g/mol. The molecule has 2 aromatic rings. The summed E-state index contributed by atoms with van der Waals surface area (Å²) in [5.74, 6) is 8.80. The summed E-state index contributed by atoms with van der Waals surface area (Å²) in [4.78, 5) is 13.4. The molecule has 19 heavy (non-hydrogen) atoms. The zero-order valence-corrected chi connectivity index (χ0v) is 11.7. The Bertz CT molecular complexity index is 606. The first kappa shape index (κ1) is 12.4. The van der Waals surface area contributed by atoms with Crippen molar-refractivity contribution < 1.29 is 0 Å². The number of rotatable bonds is 3. The van der Waals surface area contributed by atoms with Gasteiger partial charge in [0.1, 0.15) is 11.5 Å². The molecule has 3 heterocycles. The maximum atomic E-state index is 5.57. The quantitative estimate of drug-likeness (QED) is 0.658. The topological polar surface area (TPSA) is 81.7 Å². The molecule has 0 atom stereocenters. The highest BCUT2D eigenvalue weighted by Crippen LogP contribution is 2.34. The van der Waals surface area contributed by atoms with Gasteiger partial charge in [0.05, 0.1) is 18.2 Å². The fourth-order valence-corrected chi connectivity index (χ4v) is 3.22. The first-order valence-electron chi connectivity index (χ1n) is 6.17. The number of nitrogens with zero attached hydrogens (tertiary/aromatic N) is 4. The minimum Gasteiger partial charge on any atom is -0.325 e. The second kappa shape index (κ2) is 4.82. The van der Waals surface area contributed by atoms with Gasteiger partial charge in [0, 0.05) is 23.1 Å². The number of anilines is 1. The Labute approximate surface area is 115 Å². The number of imidazole rings is 1. The summed E-state index contributed by atoms with van der Waals surface area (Å²) in [6.45, 7) is 4.22. The number of nitrogens with one attached hydrogen (secondary N) is 1. The van der Waals surface area contributed by atoms with E-state index in [-0.39, 0.29) is 0 Å². The number of nitrogen functional groups attached to an aromatic ring is 1. The molecule has 0 spiro atoms. The molecule has 1 aliphatic heterocycles. The lowest BCUT2D eigenvalue weighted by Gasteiger charge is -2.13. The van der Waals surface area contributed by atoms with Gasteiger partial charge >= 0.3 is 0 Å². The summed E-state index contributed by atoms with van der Waals surface area (Å²) in [5.41, 5.74) is 5.79. The van der Waals surface area contributed by atoms with Crippen LogP contribution in [0, 0.1) is 0 Å². The molecule has 2 aromatic heterocycles. The Morgan fingerprint density at radius 3 is 2.95 bits per heavy atom. The van der Waals surface area contributed by atoms with E-state index in [1.165, 1.54) is 0 Å². The van der Waals surface area contributed by atoms with E-state index < -0.39 is 0 Å². The molecule has 3 rings (SSSR count). The van der Waals surface area contributed by atoms with E-state index in [0.29, 0.717) is 11.9 Å². The van der Waals surface area contributed by atoms with Crippen LogP contribution < -0.4 is 11.3 Å². The molecule has 100 valence electrons. The van der Waals surface area contributed by atoms with Gasteiger partial charge in [-0.25, -0.2) is 20.8 Å². The Kier molecular flexibility index (Phi) is 3.16. The first-order chi connectivity index (χ1) is 9.20. The number of hydrazine groups is 1. The van der Waals surface area contributed by atoms with Gasteiger partial charge in [0.2, 0.25) is 0 Å². The molecule has 0 saturated carbocycles. The van der Waals surface area contributed by atoms with Crippen LogP contribution in [0.15, 0.2) is 12.5 Å². The van der Waals surface area contributed by atoms with E-state index in [4.69, 9.17) is 5.84 Å². The number of hydrogen-bond donors (Lipinski definition) is 2. The van der Waals surface area contributed by atoms with E-state index in [1.807, 2.05) is 11.8 Å². The third-order valence-corrected chi connectivity index (χ3v) is 4.14. The Hall–Kier alpha value is -1.60. The van der Waals surface area contributed by atoms with Crippen LogP contribution in [0.5, 0.6) is 0 Å². The van der Waals surface area contributed by atoms with E-state index in [2.05, 4.69) is 38.8 Å². The SMILES string of the molecule is CC(C)n1cncc1-c1nc2c(c(NN)n1)CSC2. The van der Waals surface area contributed by atoms with Crippen molar-refractivity contribution in [1.82, 2.24) is 19.5 Å². The number of aromatic nitrogens is 4. The highest BCUT2D eigenvalue weighted by Gasteiger charge is 2.21. The van der Waals surface area contributed by atoms with Crippen LogP contribution in [-0.2, 0) is 11.5 Å².